The number of carbonyl (C=O) groups is 3. The summed E-state index contributed by atoms with van der Waals surface area (Å²) in [4.78, 5) is 37.9. The number of esters is 3. The van der Waals surface area contributed by atoms with E-state index in [-0.39, 0.29) is 31.1 Å². The molecule has 0 aromatic rings. The Balaban J connectivity index is 4.19. The Bertz CT molecular complexity index is 933. The zero-order chi connectivity index (χ0) is 44.7. The molecule has 0 amide bonds. The molecule has 6 nitrogen and oxygen atoms in total. The number of carbonyl (C=O) groups excluding carboxylic acids is 3. The molecule has 6 heteroatoms. The van der Waals surface area contributed by atoms with Gasteiger partial charge >= 0.3 is 17.9 Å². The van der Waals surface area contributed by atoms with Gasteiger partial charge in [-0.05, 0) is 31.1 Å². The lowest BCUT2D eigenvalue weighted by Crippen LogP contribution is -2.30. The lowest BCUT2D eigenvalue weighted by molar-refractivity contribution is -0.167. The van der Waals surface area contributed by atoms with Crippen LogP contribution in [0.2, 0.25) is 0 Å². The molecule has 1 unspecified atom stereocenters. The predicted molar refractivity (Wildman–Crippen MR) is 261 cm³/mol. The number of hydrogen-bond donors (Lipinski definition) is 0. The molecule has 0 aromatic heterocycles. The largest absolute Gasteiger partial charge is 0.462 e. The Morgan fingerprint density at radius 1 is 0.344 bits per heavy atom. The van der Waals surface area contributed by atoms with Crippen molar-refractivity contribution in [2.45, 2.75) is 310 Å². The van der Waals surface area contributed by atoms with Gasteiger partial charge in [0.2, 0.25) is 0 Å². The van der Waals surface area contributed by atoms with Crippen molar-refractivity contribution in [2.24, 2.45) is 11.8 Å². The summed E-state index contributed by atoms with van der Waals surface area (Å²) in [6.45, 7) is 11.4. The summed E-state index contributed by atoms with van der Waals surface area (Å²) < 4.78 is 16.8. The fourth-order valence-electron chi connectivity index (χ4n) is 8.31. The zero-order valence-corrected chi connectivity index (χ0v) is 41.8. The summed E-state index contributed by atoms with van der Waals surface area (Å²) in [5.74, 6) is 0.859. The van der Waals surface area contributed by atoms with Crippen LogP contribution >= 0.6 is 0 Å². The predicted octanol–water partition coefficient (Wildman–Crippen LogP) is 17.7. The molecule has 0 aliphatic carbocycles. The summed E-state index contributed by atoms with van der Waals surface area (Å²) in [5.41, 5.74) is 0. The van der Waals surface area contributed by atoms with Crippen LogP contribution in [0.4, 0.5) is 0 Å². The van der Waals surface area contributed by atoms with Crippen molar-refractivity contribution < 1.29 is 28.6 Å². The quantitative estimate of drug-likeness (QED) is 0.0344. The third-order valence-electron chi connectivity index (χ3n) is 12.8. The van der Waals surface area contributed by atoms with Crippen molar-refractivity contribution in [1.82, 2.24) is 0 Å². The van der Waals surface area contributed by atoms with Crippen LogP contribution in [0.15, 0.2) is 0 Å². The Hall–Kier alpha value is -1.59. The van der Waals surface area contributed by atoms with E-state index in [9.17, 15) is 14.4 Å². The first-order valence-electron chi connectivity index (χ1n) is 27.3. The summed E-state index contributed by atoms with van der Waals surface area (Å²) in [6.07, 6.45) is 49.5. The molecule has 0 bridgehead atoms. The summed E-state index contributed by atoms with van der Waals surface area (Å²) >= 11 is 0. The lowest BCUT2D eigenvalue weighted by atomic mass is 9.99. The molecule has 0 rings (SSSR count). The van der Waals surface area contributed by atoms with E-state index in [1.807, 2.05) is 0 Å². The van der Waals surface area contributed by atoms with E-state index < -0.39 is 6.10 Å². The lowest BCUT2D eigenvalue weighted by Gasteiger charge is -2.18. The SMILES string of the molecule is CCCCCCCCCCCCC(=O)O[C@H](COC(=O)CCCCCCCCCCCCCCCCCCCCC(C)C)COC(=O)CCCCCCCCCCC(C)CC. The molecule has 0 radical (unpaired) electrons. The van der Waals surface area contributed by atoms with Gasteiger partial charge in [0.15, 0.2) is 6.10 Å². The first kappa shape index (κ1) is 59.4. The van der Waals surface area contributed by atoms with Gasteiger partial charge in [0.1, 0.15) is 13.2 Å². The molecular formula is C55H106O6. The van der Waals surface area contributed by atoms with Crippen molar-refractivity contribution in [3.8, 4) is 0 Å². The molecule has 0 spiro atoms. The molecule has 0 N–H and O–H groups in total. The highest BCUT2D eigenvalue weighted by Gasteiger charge is 2.19. The van der Waals surface area contributed by atoms with E-state index >= 15 is 0 Å². The molecule has 0 heterocycles. The first-order chi connectivity index (χ1) is 29.8. The van der Waals surface area contributed by atoms with Crippen LogP contribution in [0.1, 0.15) is 304 Å². The second-order valence-corrected chi connectivity index (χ2v) is 19.6. The van der Waals surface area contributed by atoms with E-state index in [2.05, 4.69) is 34.6 Å². The van der Waals surface area contributed by atoms with Gasteiger partial charge in [0, 0.05) is 19.3 Å². The van der Waals surface area contributed by atoms with Crippen LogP contribution in [-0.2, 0) is 28.6 Å². The Morgan fingerprint density at radius 3 is 0.934 bits per heavy atom. The maximum Gasteiger partial charge on any atom is 0.306 e. The second kappa shape index (κ2) is 47.9. The third-order valence-corrected chi connectivity index (χ3v) is 12.8. The highest BCUT2D eigenvalue weighted by Crippen LogP contribution is 2.18. The van der Waals surface area contributed by atoms with Crippen LogP contribution in [0.3, 0.4) is 0 Å². The molecule has 0 aromatic carbocycles. The first-order valence-corrected chi connectivity index (χ1v) is 27.3. The maximum atomic E-state index is 12.7. The van der Waals surface area contributed by atoms with Crippen molar-refractivity contribution in [3.63, 3.8) is 0 Å². The highest BCUT2D eigenvalue weighted by atomic mass is 16.6. The number of unbranched alkanes of at least 4 members (excludes halogenated alkanes) is 33. The van der Waals surface area contributed by atoms with Crippen LogP contribution in [0, 0.1) is 11.8 Å². The van der Waals surface area contributed by atoms with Crippen LogP contribution < -0.4 is 0 Å². The van der Waals surface area contributed by atoms with E-state index in [1.54, 1.807) is 0 Å². The molecule has 0 saturated heterocycles. The fraction of sp³-hybridized carbons (Fsp3) is 0.945. The Kier molecular flexibility index (Phi) is 46.6. The third kappa shape index (κ3) is 47.7. The van der Waals surface area contributed by atoms with Gasteiger partial charge in [-0.25, -0.2) is 0 Å². The monoisotopic (exact) mass is 863 g/mol. The van der Waals surface area contributed by atoms with Gasteiger partial charge in [-0.1, -0.05) is 266 Å². The minimum atomic E-state index is -0.761. The molecule has 0 aliphatic rings. The number of rotatable bonds is 49. The van der Waals surface area contributed by atoms with Crippen molar-refractivity contribution in [3.05, 3.63) is 0 Å². The fourth-order valence-corrected chi connectivity index (χ4v) is 8.31. The van der Waals surface area contributed by atoms with Gasteiger partial charge in [-0.2, -0.15) is 0 Å². The minimum absolute atomic E-state index is 0.0636. The maximum absolute atomic E-state index is 12.7. The van der Waals surface area contributed by atoms with E-state index in [0.29, 0.717) is 19.3 Å². The van der Waals surface area contributed by atoms with Gasteiger partial charge in [-0.15, -0.1) is 0 Å². The van der Waals surface area contributed by atoms with E-state index in [1.165, 1.54) is 193 Å². The molecule has 0 fully saturated rings. The number of ether oxygens (including phenoxy) is 3. The van der Waals surface area contributed by atoms with Gasteiger partial charge in [0.05, 0.1) is 0 Å². The van der Waals surface area contributed by atoms with E-state index in [4.69, 9.17) is 14.2 Å². The topological polar surface area (TPSA) is 78.9 Å². The molecule has 2 atom stereocenters. The summed E-state index contributed by atoms with van der Waals surface area (Å²) in [7, 11) is 0. The number of hydrogen-bond acceptors (Lipinski definition) is 6. The van der Waals surface area contributed by atoms with Crippen molar-refractivity contribution in [2.75, 3.05) is 13.2 Å². The molecule has 0 saturated carbocycles. The average molecular weight is 863 g/mol. The standard InChI is InChI=1S/C55H106O6/c1-6-8-9-10-11-12-24-32-37-42-47-55(58)61-52(49-60-54(57)46-41-36-31-27-26-29-34-39-44-51(5)7-2)48-59-53(56)45-40-35-30-25-22-20-18-16-14-13-15-17-19-21-23-28-33-38-43-50(3)4/h50-52H,6-49H2,1-5H3/t51?,52-/m1/s1. The van der Waals surface area contributed by atoms with Gasteiger partial charge in [0.25, 0.3) is 0 Å². The minimum Gasteiger partial charge on any atom is -0.462 e. The van der Waals surface area contributed by atoms with Gasteiger partial charge in [-0.3, -0.25) is 14.4 Å². The molecule has 61 heavy (non-hydrogen) atoms. The molecular weight excluding hydrogens is 757 g/mol. The van der Waals surface area contributed by atoms with Crippen molar-refractivity contribution in [1.29, 1.82) is 0 Å². The Morgan fingerprint density at radius 2 is 0.623 bits per heavy atom. The van der Waals surface area contributed by atoms with Crippen LogP contribution in [-0.4, -0.2) is 37.2 Å². The van der Waals surface area contributed by atoms with E-state index in [0.717, 1.165) is 69.6 Å². The van der Waals surface area contributed by atoms with Crippen LogP contribution in [0.25, 0.3) is 0 Å². The normalized spacial score (nSPS) is 12.5. The molecule has 0 aliphatic heterocycles. The van der Waals surface area contributed by atoms with Crippen LogP contribution in [0.5, 0.6) is 0 Å². The second-order valence-electron chi connectivity index (χ2n) is 19.6. The molecule has 362 valence electrons. The van der Waals surface area contributed by atoms with Crippen molar-refractivity contribution >= 4 is 17.9 Å². The Labute approximate surface area is 380 Å². The highest BCUT2D eigenvalue weighted by molar-refractivity contribution is 5.71. The summed E-state index contributed by atoms with van der Waals surface area (Å²) in [5, 5.41) is 0. The summed E-state index contributed by atoms with van der Waals surface area (Å²) in [6, 6.07) is 0. The average Bonchev–Trinajstić information content (AvgIpc) is 3.24. The van der Waals surface area contributed by atoms with Gasteiger partial charge < -0.3 is 14.2 Å². The zero-order valence-electron chi connectivity index (χ0n) is 41.8. The smallest absolute Gasteiger partial charge is 0.306 e.